The van der Waals surface area contributed by atoms with Crippen molar-refractivity contribution >= 4 is 46.6 Å². The van der Waals surface area contributed by atoms with Gasteiger partial charge in [-0.2, -0.15) is 0 Å². The van der Waals surface area contributed by atoms with Crippen LogP contribution in [0.25, 0.3) is 10.8 Å². The Labute approximate surface area is 350 Å². The molecule has 5 aliphatic rings. The van der Waals surface area contributed by atoms with E-state index in [1.54, 1.807) is 12.1 Å². The van der Waals surface area contributed by atoms with Crippen molar-refractivity contribution in [2.75, 3.05) is 60.0 Å². The van der Waals surface area contributed by atoms with Gasteiger partial charge in [-0.1, -0.05) is 54.6 Å². The van der Waals surface area contributed by atoms with E-state index in [1.807, 2.05) is 61.6 Å². The fourth-order valence-electron chi connectivity index (χ4n) is 8.43. The van der Waals surface area contributed by atoms with Crippen LogP contribution in [0.4, 0.5) is 0 Å². The summed E-state index contributed by atoms with van der Waals surface area (Å²) in [5.74, 6) is -14.8. The van der Waals surface area contributed by atoms with Crippen molar-refractivity contribution in [2.24, 2.45) is 0 Å². The largest absolute Gasteiger partial charge is 0.497 e. The second-order valence-corrected chi connectivity index (χ2v) is 15.2. The minimum absolute atomic E-state index is 0.184. The van der Waals surface area contributed by atoms with Gasteiger partial charge in [0.1, 0.15) is 12.3 Å². The molecule has 5 heterocycles. The average Bonchev–Trinajstić information content (AvgIpc) is 3.58. The highest BCUT2D eigenvalue weighted by molar-refractivity contribution is 5.96. The van der Waals surface area contributed by atoms with Crippen molar-refractivity contribution < 1.29 is 61.9 Å². The number of unbranched alkanes of at least 4 members (excludes halogenated alkanes) is 1. The molecule has 1 unspecified atom stereocenters. The molecule has 17 nitrogen and oxygen atoms in total. The maximum atomic E-state index is 13.8. The van der Waals surface area contributed by atoms with E-state index in [2.05, 4.69) is 9.80 Å². The first-order chi connectivity index (χ1) is 29.4. The molecular weight excluding hydrogens is 792 g/mol. The number of ether oxygens (including phenoxy) is 7. The number of nitrogens with zero attached hydrogens (tertiary/aromatic N) is 4. The SMILES string of the molecule is COc1ccc(C(CN2CC3(OC(=O)C=CC(=O)O3)N(CCCCc3cccc4ccccc34)C3(OC(=O)C=CC(=O)O3)C23OC(=O)C=CC(=O)O3)N2CCN(C)CC2)cc1. The summed E-state index contributed by atoms with van der Waals surface area (Å²) in [6, 6.07) is 20.4. The van der Waals surface area contributed by atoms with Gasteiger partial charge in [0.15, 0.2) is 0 Å². The second-order valence-electron chi connectivity index (χ2n) is 15.2. The Hall–Kier alpha value is -6.40. The Kier molecular flexibility index (Phi) is 11.5. The number of fused-ring (bicyclic) bond motifs is 2. The van der Waals surface area contributed by atoms with Gasteiger partial charge in [0.25, 0.3) is 0 Å². The molecule has 61 heavy (non-hydrogen) atoms. The van der Waals surface area contributed by atoms with E-state index < -0.39 is 66.1 Å². The number of carbonyl (C=O) groups excluding carboxylic acids is 6. The third kappa shape index (κ3) is 8.12. The molecule has 318 valence electrons. The van der Waals surface area contributed by atoms with Crippen molar-refractivity contribution in [1.29, 1.82) is 0 Å². The van der Waals surface area contributed by atoms with Gasteiger partial charge >= 0.3 is 53.5 Å². The van der Waals surface area contributed by atoms with E-state index >= 15 is 0 Å². The number of aryl methyl sites for hydroxylation is 1. The van der Waals surface area contributed by atoms with E-state index in [-0.39, 0.29) is 19.5 Å². The molecule has 8 rings (SSSR count). The Morgan fingerprint density at radius 1 is 0.623 bits per heavy atom. The van der Waals surface area contributed by atoms with Crippen molar-refractivity contribution in [3.8, 4) is 5.75 Å². The molecule has 0 aliphatic carbocycles. The summed E-state index contributed by atoms with van der Waals surface area (Å²) in [6.07, 6.45) is 6.09. The third-order valence-corrected chi connectivity index (χ3v) is 11.3. The highest BCUT2D eigenvalue weighted by Crippen LogP contribution is 2.51. The van der Waals surface area contributed by atoms with Crippen LogP contribution in [0, 0.1) is 0 Å². The summed E-state index contributed by atoms with van der Waals surface area (Å²) in [6.45, 7) is 1.21. The molecule has 0 N–H and O–H groups in total. The molecule has 3 spiro atoms. The van der Waals surface area contributed by atoms with Gasteiger partial charge in [0.05, 0.1) is 7.11 Å². The number of esters is 6. The molecule has 5 aliphatic heterocycles. The van der Waals surface area contributed by atoms with Crippen LogP contribution >= 0.6 is 0 Å². The number of hydrogen-bond donors (Lipinski definition) is 0. The van der Waals surface area contributed by atoms with Gasteiger partial charge < -0.3 is 38.1 Å². The van der Waals surface area contributed by atoms with Crippen LogP contribution in [0.1, 0.15) is 30.0 Å². The van der Waals surface area contributed by atoms with Crippen molar-refractivity contribution in [3.05, 3.63) is 114 Å². The molecule has 3 aromatic rings. The van der Waals surface area contributed by atoms with Crippen LogP contribution in [-0.2, 0) is 63.6 Å². The fourth-order valence-corrected chi connectivity index (χ4v) is 8.43. The lowest BCUT2D eigenvalue weighted by Gasteiger charge is -2.60. The van der Waals surface area contributed by atoms with Gasteiger partial charge in [0, 0.05) is 81.8 Å². The number of hydrogen-bond acceptors (Lipinski definition) is 17. The third-order valence-electron chi connectivity index (χ3n) is 11.3. The highest BCUT2D eigenvalue weighted by Gasteiger charge is 2.81. The Balaban J connectivity index is 1.28. The van der Waals surface area contributed by atoms with E-state index in [9.17, 15) is 28.8 Å². The van der Waals surface area contributed by atoms with Crippen molar-refractivity contribution in [3.63, 3.8) is 0 Å². The molecule has 3 aromatic carbocycles. The highest BCUT2D eigenvalue weighted by atomic mass is 16.9. The summed E-state index contributed by atoms with van der Waals surface area (Å²) >= 11 is 0. The summed E-state index contributed by atoms with van der Waals surface area (Å²) < 4.78 is 41.9. The monoisotopic (exact) mass is 836 g/mol. The van der Waals surface area contributed by atoms with Gasteiger partial charge in [-0.25, -0.2) is 33.7 Å². The first kappa shape index (κ1) is 41.3. The molecule has 0 amide bonds. The first-order valence-electron chi connectivity index (χ1n) is 19.9. The molecule has 17 heteroatoms. The molecule has 2 saturated heterocycles. The van der Waals surface area contributed by atoms with E-state index in [1.165, 1.54) is 12.0 Å². The average molecular weight is 837 g/mol. The molecule has 0 aromatic heterocycles. The molecule has 1 atom stereocenters. The predicted octanol–water partition coefficient (Wildman–Crippen LogP) is 2.71. The number of methoxy groups -OCH3 is 1. The lowest BCUT2D eigenvalue weighted by atomic mass is 9.99. The predicted molar refractivity (Wildman–Crippen MR) is 212 cm³/mol. The van der Waals surface area contributed by atoms with Crippen LogP contribution < -0.4 is 4.74 Å². The zero-order valence-electron chi connectivity index (χ0n) is 33.6. The minimum Gasteiger partial charge on any atom is -0.497 e. The maximum absolute atomic E-state index is 13.8. The summed E-state index contributed by atoms with van der Waals surface area (Å²) in [5, 5.41) is 2.08. The molecule has 0 saturated carbocycles. The maximum Gasteiger partial charge on any atom is 0.426 e. The van der Waals surface area contributed by atoms with Crippen LogP contribution in [-0.4, -0.2) is 133 Å². The number of carbonyl (C=O) groups is 6. The normalized spacial score (nSPS) is 22.1. The number of likely N-dealkylation sites (N-methyl/N-ethyl adjacent to an activating group) is 1. The van der Waals surface area contributed by atoms with Crippen LogP contribution in [0.2, 0.25) is 0 Å². The zero-order chi connectivity index (χ0) is 42.8. The van der Waals surface area contributed by atoms with Crippen molar-refractivity contribution in [1.82, 2.24) is 19.6 Å². The van der Waals surface area contributed by atoms with Gasteiger partial charge in [-0.3, -0.25) is 4.90 Å². The standard InChI is InChI=1S/C44H44N4O13/c1-45-24-26-46(27-25-45)35(32-13-15-33(55-2)16-14-32)28-47-29-42(56-36(49)17-18-37(50)57-42)48(23-6-5-9-31-11-7-10-30-8-3-4-12-34(30)31)44(60-40(53)21-22-41(54)61-44)43(47)58-38(51)19-20-39(52)59-43/h3-4,7-8,10-22,35H,5-6,9,23-29H2,1-2H3. The second kappa shape index (κ2) is 16.9. The lowest BCUT2D eigenvalue weighted by Crippen LogP contribution is -2.87. The van der Waals surface area contributed by atoms with Crippen molar-refractivity contribution in [2.45, 2.75) is 43.0 Å². The fraction of sp³-hybridized carbons (Fsp3) is 0.364. The summed E-state index contributed by atoms with van der Waals surface area (Å²) in [5.41, 5.74) is 1.76. The van der Waals surface area contributed by atoms with Gasteiger partial charge in [-0.05, 0) is 60.3 Å². The molecular formula is C44H44N4O13. The van der Waals surface area contributed by atoms with Crippen LogP contribution in [0.3, 0.4) is 0 Å². The number of benzene rings is 3. The number of piperazine rings is 2. The van der Waals surface area contributed by atoms with E-state index in [0.29, 0.717) is 44.8 Å². The number of rotatable bonds is 10. The first-order valence-corrected chi connectivity index (χ1v) is 19.9. The van der Waals surface area contributed by atoms with Crippen LogP contribution in [0.15, 0.2) is 103 Å². The topological polar surface area (TPSA) is 180 Å². The Bertz CT molecular complexity index is 2250. The molecule has 0 radical (unpaired) electrons. The lowest BCUT2D eigenvalue weighted by molar-refractivity contribution is -0.516. The molecule has 2 fully saturated rings. The summed E-state index contributed by atoms with van der Waals surface area (Å²) in [7, 11) is 3.53. The van der Waals surface area contributed by atoms with E-state index in [0.717, 1.165) is 63.3 Å². The van der Waals surface area contributed by atoms with Gasteiger partial charge in [0.2, 0.25) is 0 Å². The zero-order valence-corrected chi connectivity index (χ0v) is 33.6. The summed E-state index contributed by atoms with van der Waals surface area (Å²) in [4.78, 5) is 88.7. The van der Waals surface area contributed by atoms with Crippen LogP contribution in [0.5, 0.6) is 5.75 Å². The van der Waals surface area contributed by atoms with E-state index in [4.69, 9.17) is 33.2 Å². The quantitative estimate of drug-likeness (QED) is 0.165. The van der Waals surface area contributed by atoms with Gasteiger partial charge in [-0.15, -0.1) is 4.90 Å². The molecule has 0 bridgehead atoms. The Morgan fingerprint density at radius 2 is 1.16 bits per heavy atom. The smallest absolute Gasteiger partial charge is 0.426 e. The Morgan fingerprint density at radius 3 is 1.75 bits per heavy atom. The minimum atomic E-state index is -3.13.